The summed E-state index contributed by atoms with van der Waals surface area (Å²) >= 11 is 0. The van der Waals surface area contributed by atoms with E-state index in [0.717, 1.165) is 36.4 Å². The fourth-order valence-electron chi connectivity index (χ4n) is 3.38. The lowest BCUT2D eigenvalue weighted by Gasteiger charge is -2.33. The van der Waals surface area contributed by atoms with Crippen molar-refractivity contribution in [2.24, 2.45) is 0 Å². The Hall–Kier alpha value is -2.64. The Kier molecular flexibility index (Phi) is 5.93. The number of nitrogens with zero attached hydrogens (tertiary/aromatic N) is 5. The molecule has 2 aromatic heterocycles. The van der Waals surface area contributed by atoms with Crippen LogP contribution in [0.25, 0.3) is 0 Å². The van der Waals surface area contributed by atoms with Gasteiger partial charge in [-0.15, -0.1) is 0 Å². The van der Waals surface area contributed by atoms with Crippen molar-refractivity contribution in [3.8, 4) is 5.88 Å². The van der Waals surface area contributed by atoms with Gasteiger partial charge in [-0.1, -0.05) is 5.16 Å². The molecule has 0 aromatic carbocycles. The van der Waals surface area contributed by atoms with Crippen molar-refractivity contribution in [2.75, 3.05) is 32.1 Å². The summed E-state index contributed by atoms with van der Waals surface area (Å²) in [6.45, 7) is 5.13. The molecule has 0 N–H and O–H groups in total. The van der Waals surface area contributed by atoms with Crippen molar-refractivity contribution in [3.05, 3.63) is 29.4 Å². The van der Waals surface area contributed by atoms with Gasteiger partial charge in [0.05, 0.1) is 12.2 Å². The van der Waals surface area contributed by atoms with E-state index in [0.29, 0.717) is 31.1 Å². The fraction of sp³-hybridized carbons (Fsp3) is 0.579. The van der Waals surface area contributed by atoms with Crippen LogP contribution >= 0.6 is 0 Å². The van der Waals surface area contributed by atoms with Gasteiger partial charge < -0.3 is 19.1 Å². The third-order valence-electron chi connectivity index (χ3n) is 4.85. The summed E-state index contributed by atoms with van der Waals surface area (Å²) in [4.78, 5) is 25.1. The fourth-order valence-corrected chi connectivity index (χ4v) is 3.38. The number of hydrogen-bond donors (Lipinski definition) is 0. The van der Waals surface area contributed by atoms with Crippen LogP contribution < -0.4 is 9.64 Å². The first-order chi connectivity index (χ1) is 13.0. The number of anilines is 1. The molecule has 0 saturated carbocycles. The van der Waals surface area contributed by atoms with E-state index in [-0.39, 0.29) is 12.0 Å². The third kappa shape index (κ3) is 4.56. The van der Waals surface area contributed by atoms with Crippen molar-refractivity contribution in [2.45, 2.75) is 45.6 Å². The van der Waals surface area contributed by atoms with Crippen molar-refractivity contribution >= 4 is 11.7 Å². The summed E-state index contributed by atoms with van der Waals surface area (Å²) in [5.74, 6) is 2.13. The molecule has 1 atom stereocenters. The van der Waals surface area contributed by atoms with Gasteiger partial charge in [0, 0.05) is 45.0 Å². The standard InChI is InChI=1S/C19H27N5O3/c1-13-16(14(2)27-22-13)7-8-17(25)24-11-5-6-15(12-24)26-19-18(23(3)4)20-9-10-21-19/h9-10,15H,5-8,11-12H2,1-4H3/t15-/m1/s1. The second-order valence-corrected chi connectivity index (χ2v) is 7.10. The SMILES string of the molecule is Cc1noc(C)c1CCC(=O)N1CCC[C@@H](Oc2nccnc2N(C)C)C1. The average Bonchev–Trinajstić information content (AvgIpc) is 2.98. The number of amides is 1. The Morgan fingerprint density at radius 2 is 2.11 bits per heavy atom. The molecule has 0 unspecified atom stereocenters. The maximum absolute atomic E-state index is 12.7. The molecular formula is C19H27N5O3. The summed E-state index contributed by atoms with van der Waals surface area (Å²) in [6.07, 6.45) is 6.11. The Bertz CT molecular complexity index is 770. The molecule has 1 aliphatic heterocycles. The lowest BCUT2D eigenvalue weighted by Crippen LogP contribution is -2.44. The highest BCUT2D eigenvalue weighted by Gasteiger charge is 2.26. The number of rotatable bonds is 6. The monoisotopic (exact) mass is 373 g/mol. The molecule has 1 aliphatic rings. The van der Waals surface area contributed by atoms with Gasteiger partial charge in [-0.2, -0.15) is 0 Å². The van der Waals surface area contributed by atoms with Gasteiger partial charge in [-0.05, 0) is 33.1 Å². The number of aromatic nitrogens is 3. The number of ether oxygens (including phenoxy) is 1. The number of hydrogen-bond acceptors (Lipinski definition) is 7. The summed E-state index contributed by atoms with van der Waals surface area (Å²) in [5, 5.41) is 3.95. The van der Waals surface area contributed by atoms with E-state index in [1.807, 2.05) is 37.7 Å². The highest BCUT2D eigenvalue weighted by atomic mass is 16.5. The molecule has 0 radical (unpaired) electrons. The molecule has 27 heavy (non-hydrogen) atoms. The highest BCUT2D eigenvalue weighted by molar-refractivity contribution is 5.76. The molecule has 1 fully saturated rings. The van der Waals surface area contributed by atoms with Crippen LogP contribution in [0.4, 0.5) is 5.82 Å². The van der Waals surface area contributed by atoms with Gasteiger partial charge >= 0.3 is 0 Å². The molecule has 8 nitrogen and oxygen atoms in total. The molecule has 1 amide bonds. The van der Waals surface area contributed by atoms with Crippen LogP contribution in [0.15, 0.2) is 16.9 Å². The predicted molar refractivity (Wildman–Crippen MR) is 101 cm³/mol. The topological polar surface area (TPSA) is 84.6 Å². The van der Waals surface area contributed by atoms with E-state index < -0.39 is 0 Å². The van der Waals surface area contributed by atoms with Gasteiger partial charge in [0.1, 0.15) is 11.9 Å². The van der Waals surface area contributed by atoms with Crippen LogP contribution in [-0.2, 0) is 11.2 Å². The number of carbonyl (C=O) groups is 1. The molecule has 1 saturated heterocycles. The lowest BCUT2D eigenvalue weighted by molar-refractivity contribution is -0.133. The summed E-state index contributed by atoms with van der Waals surface area (Å²) in [6, 6.07) is 0. The van der Waals surface area contributed by atoms with E-state index >= 15 is 0 Å². The van der Waals surface area contributed by atoms with E-state index in [1.165, 1.54) is 0 Å². The molecule has 3 rings (SSSR count). The smallest absolute Gasteiger partial charge is 0.257 e. The minimum absolute atomic E-state index is 0.0721. The zero-order valence-electron chi connectivity index (χ0n) is 16.4. The molecule has 146 valence electrons. The Balaban J connectivity index is 1.58. The molecule has 0 spiro atoms. The lowest BCUT2D eigenvalue weighted by atomic mass is 10.1. The molecule has 0 bridgehead atoms. The summed E-state index contributed by atoms with van der Waals surface area (Å²) in [5.41, 5.74) is 1.89. The summed E-state index contributed by atoms with van der Waals surface area (Å²) in [7, 11) is 3.81. The Morgan fingerprint density at radius 3 is 2.81 bits per heavy atom. The van der Waals surface area contributed by atoms with Crippen LogP contribution in [0.3, 0.4) is 0 Å². The average molecular weight is 373 g/mol. The molecule has 8 heteroatoms. The Morgan fingerprint density at radius 1 is 1.33 bits per heavy atom. The Labute approximate surface area is 159 Å². The van der Waals surface area contributed by atoms with Crippen molar-refractivity contribution in [1.29, 1.82) is 0 Å². The molecule has 0 aliphatic carbocycles. The number of aryl methyl sites for hydroxylation is 2. The van der Waals surface area contributed by atoms with Crippen molar-refractivity contribution in [3.63, 3.8) is 0 Å². The highest BCUT2D eigenvalue weighted by Crippen LogP contribution is 2.24. The quantitative estimate of drug-likeness (QED) is 0.767. The zero-order valence-corrected chi connectivity index (χ0v) is 16.4. The molecular weight excluding hydrogens is 346 g/mol. The second-order valence-electron chi connectivity index (χ2n) is 7.10. The molecule has 2 aromatic rings. The van der Waals surface area contributed by atoms with Crippen LogP contribution in [0, 0.1) is 13.8 Å². The van der Waals surface area contributed by atoms with Crippen LogP contribution in [0.5, 0.6) is 5.88 Å². The second kappa shape index (κ2) is 8.37. The minimum Gasteiger partial charge on any atom is -0.470 e. The predicted octanol–water partition coefficient (Wildman–Crippen LogP) is 2.15. The maximum Gasteiger partial charge on any atom is 0.257 e. The largest absolute Gasteiger partial charge is 0.470 e. The van der Waals surface area contributed by atoms with Gasteiger partial charge in [-0.3, -0.25) is 4.79 Å². The van der Waals surface area contributed by atoms with Gasteiger partial charge in [0.15, 0.2) is 5.82 Å². The normalized spacial score (nSPS) is 17.0. The van der Waals surface area contributed by atoms with Crippen molar-refractivity contribution in [1.82, 2.24) is 20.0 Å². The first kappa shape index (κ1) is 19.1. The van der Waals surface area contributed by atoms with E-state index in [1.54, 1.807) is 12.4 Å². The first-order valence-electron chi connectivity index (χ1n) is 9.30. The number of carbonyl (C=O) groups excluding carboxylic acids is 1. The maximum atomic E-state index is 12.7. The van der Waals surface area contributed by atoms with Crippen LogP contribution in [0.2, 0.25) is 0 Å². The number of likely N-dealkylation sites (tertiary alicyclic amines) is 1. The van der Waals surface area contributed by atoms with E-state index in [9.17, 15) is 4.79 Å². The zero-order chi connectivity index (χ0) is 19.4. The number of piperidine rings is 1. The van der Waals surface area contributed by atoms with Crippen LogP contribution in [-0.4, -0.2) is 59.2 Å². The van der Waals surface area contributed by atoms with Crippen molar-refractivity contribution < 1.29 is 14.1 Å². The summed E-state index contributed by atoms with van der Waals surface area (Å²) < 4.78 is 11.3. The van der Waals surface area contributed by atoms with Gasteiger partial charge in [0.2, 0.25) is 5.91 Å². The molecule has 3 heterocycles. The van der Waals surface area contributed by atoms with Crippen LogP contribution in [0.1, 0.15) is 36.3 Å². The first-order valence-corrected chi connectivity index (χ1v) is 9.30. The van der Waals surface area contributed by atoms with E-state index in [4.69, 9.17) is 9.26 Å². The van der Waals surface area contributed by atoms with Gasteiger partial charge in [0.25, 0.3) is 5.88 Å². The van der Waals surface area contributed by atoms with Gasteiger partial charge in [-0.25, -0.2) is 9.97 Å². The third-order valence-corrected chi connectivity index (χ3v) is 4.85. The van der Waals surface area contributed by atoms with E-state index in [2.05, 4.69) is 15.1 Å². The minimum atomic E-state index is -0.0721.